The third-order valence-electron chi connectivity index (χ3n) is 13.0. The van der Waals surface area contributed by atoms with Crippen molar-refractivity contribution in [3.63, 3.8) is 0 Å². The number of carboxylic acid groups (broad SMARTS) is 2. The number of piperazine rings is 1. The van der Waals surface area contributed by atoms with E-state index < -0.39 is 235 Å². The van der Waals surface area contributed by atoms with Crippen LogP contribution in [0.2, 0.25) is 0 Å². The van der Waals surface area contributed by atoms with Crippen LogP contribution in [0.5, 0.6) is 0 Å². The normalized spacial score (nSPS) is 43.4. The van der Waals surface area contributed by atoms with Gasteiger partial charge in [-0.1, -0.05) is 0 Å². The molecule has 5 heterocycles. The Hall–Kier alpha value is -3.04. The quantitative estimate of drug-likeness (QED) is 0.0538. The summed E-state index contributed by atoms with van der Waals surface area (Å²) in [6, 6.07) is 0. The molecule has 0 spiro atoms. The van der Waals surface area contributed by atoms with Crippen LogP contribution in [0.15, 0.2) is 0 Å². The Bertz CT molecular complexity index is 1720. The number of carboxylic acids is 2. The van der Waals surface area contributed by atoms with Crippen LogP contribution in [-0.4, -0.2) is 315 Å². The Kier molecular flexibility index (Phi) is 19.9. The number of hydrogen-bond acceptors (Lipinski definition) is 27. The Balaban J connectivity index is 1.40. The monoisotopic (exact) mass is 1010 g/mol. The molecule has 24 atom stereocenters. The average Bonchev–Trinajstić information content (AvgIpc) is 3.31. The van der Waals surface area contributed by atoms with Gasteiger partial charge in [-0.05, 0) is 0 Å². The van der Waals surface area contributed by atoms with E-state index in [0.717, 1.165) is 0 Å². The predicted octanol–water partition coefficient (Wildman–Crippen LogP) is -13.0. The summed E-state index contributed by atoms with van der Waals surface area (Å²) in [6.45, 7) is -8.02. The lowest BCUT2D eigenvalue weighted by atomic mass is 9.83. The van der Waals surface area contributed by atoms with E-state index in [-0.39, 0.29) is 0 Å². The van der Waals surface area contributed by atoms with Crippen LogP contribution in [0.1, 0.15) is 0 Å². The van der Waals surface area contributed by atoms with Gasteiger partial charge in [0, 0.05) is 30.8 Å². The van der Waals surface area contributed by atoms with E-state index >= 15 is 0 Å². The maximum atomic E-state index is 14.8. The van der Waals surface area contributed by atoms with Crippen molar-refractivity contribution in [3.05, 3.63) is 0 Å². The summed E-state index contributed by atoms with van der Waals surface area (Å²) in [5.41, 5.74) is -3.43. The number of nitrogens with zero attached hydrogens (tertiary/aromatic N) is 1. The first-order valence-corrected chi connectivity index (χ1v) is 21.6. The van der Waals surface area contributed by atoms with E-state index in [4.69, 9.17) is 33.2 Å². The summed E-state index contributed by atoms with van der Waals surface area (Å²) < 4.78 is 37.9. The third-order valence-corrected chi connectivity index (χ3v) is 13.0. The first-order chi connectivity index (χ1) is 32.4. The van der Waals surface area contributed by atoms with E-state index in [1.165, 1.54) is 0 Å². The number of carbonyl (C=O) groups is 4. The first kappa shape index (κ1) is 56.9. The summed E-state index contributed by atoms with van der Waals surface area (Å²) in [4.78, 5) is 52.3. The average molecular weight is 1010 g/mol. The van der Waals surface area contributed by atoms with Gasteiger partial charge in [-0.3, -0.25) is 9.59 Å². The standard InChI is InChI=1S/C38H62N2O29/c41-3-14(43)11(5-63-8-16-23(48)25(50)21(46)15(4-42)66-16)32(54)38(62)37(61)39-1-2-40(38)33(55)29-12(6-64-10-18-24(49)26(51)27(52)31(68-18)35(58)59)19(44)22(47)17(67-29)9-65-7-13-20(45)28(53)36(60)69-30(13)34(56)57/h11-32,36,41-54,60,62H,1-10H2,(H,39,61)(H,56,57)(H,58,59). The highest BCUT2D eigenvalue weighted by atomic mass is 16.6. The Labute approximate surface area is 389 Å². The second-order valence-electron chi connectivity index (χ2n) is 17.4. The summed E-state index contributed by atoms with van der Waals surface area (Å²) in [7, 11) is 0. The highest BCUT2D eigenvalue weighted by molar-refractivity contribution is 5.93. The summed E-state index contributed by atoms with van der Waals surface area (Å²) >= 11 is 0. The van der Waals surface area contributed by atoms with Crippen LogP contribution in [0.25, 0.3) is 0 Å². The molecule has 5 aliphatic rings. The minimum absolute atomic E-state index is 0.355. The number of aliphatic carboxylic acids is 2. The van der Waals surface area contributed by atoms with E-state index in [2.05, 4.69) is 5.32 Å². The van der Waals surface area contributed by atoms with E-state index in [1.807, 2.05) is 0 Å². The van der Waals surface area contributed by atoms with Crippen molar-refractivity contribution < 1.29 is 144 Å². The third kappa shape index (κ3) is 11.9. The molecule has 0 aromatic carbocycles. The summed E-state index contributed by atoms with van der Waals surface area (Å²) in [5.74, 6) is -11.6. The van der Waals surface area contributed by atoms with Crippen LogP contribution in [0.3, 0.4) is 0 Å². The number of carbonyl (C=O) groups excluding carboxylic acids is 2. The van der Waals surface area contributed by atoms with Gasteiger partial charge in [0.05, 0.1) is 71.2 Å². The van der Waals surface area contributed by atoms with Crippen molar-refractivity contribution in [2.75, 3.05) is 65.9 Å². The molecule has 0 saturated carbocycles. The Morgan fingerprint density at radius 1 is 0.609 bits per heavy atom. The zero-order chi connectivity index (χ0) is 51.4. The van der Waals surface area contributed by atoms with Crippen molar-refractivity contribution in [1.82, 2.24) is 10.2 Å². The molecule has 19 N–H and O–H groups in total. The number of nitrogens with one attached hydrogen (secondary N) is 1. The van der Waals surface area contributed by atoms with Gasteiger partial charge in [0.25, 0.3) is 11.8 Å². The predicted molar refractivity (Wildman–Crippen MR) is 211 cm³/mol. The number of aliphatic hydroxyl groups excluding tert-OH is 15. The number of amides is 2. The maximum absolute atomic E-state index is 14.8. The van der Waals surface area contributed by atoms with Gasteiger partial charge < -0.3 is 135 Å². The first-order valence-electron chi connectivity index (χ1n) is 21.6. The van der Waals surface area contributed by atoms with Gasteiger partial charge in [0.1, 0.15) is 85.5 Å². The van der Waals surface area contributed by atoms with Crippen molar-refractivity contribution in [2.45, 2.75) is 128 Å². The van der Waals surface area contributed by atoms with Gasteiger partial charge in [0.15, 0.2) is 18.5 Å². The molecular weight excluding hydrogens is 948 g/mol. The molecule has 2 amide bonds. The fourth-order valence-corrected chi connectivity index (χ4v) is 8.79. The number of aliphatic hydroxyl groups is 16. The summed E-state index contributed by atoms with van der Waals surface area (Å²) in [5, 5.41) is 190. The molecule has 0 radical (unpaired) electrons. The molecule has 5 saturated heterocycles. The van der Waals surface area contributed by atoms with Gasteiger partial charge in [-0.15, -0.1) is 0 Å². The SMILES string of the molecule is O=C(O)C1OC(COCC2C(C(=O)N3CCNC(=O)C3(O)C(O)C(COCC3OC(CO)C(O)C(O)C3O)C(O)CO)OC(COCC3C(C(=O)O)OC(O)C(O)C3O)C(O)C2O)C(O)C(O)C1O. The Morgan fingerprint density at radius 3 is 1.64 bits per heavy atom. The van der Waals surface area contributed by atoms with Gasteiger partial charge >= 0.3 is 11.9 Å². The van der Waals surface area contributed by atoms with Gasteiger partial charge in [0.2, 0.25) is 5.72 Å². The molecular formula is C38H62N2O29. The molecule has 0 aliphatic carbocycles. The molecule has 0 aromatic rings. The van der Waals surface area contributed by atoms with Gasteiger partial charge in [-0.2, -0.15) is 0 Å². The molecule has 5 rings (SSSR count). The van der Waals surface area contributed by atoms with Crippen molar-refractivity contribution in [2.24, 2.45) is 17.8 Å². The molecule has 31 nitrogen and oxygen atoms in total. The van der Waals surface area contributed by atoms with Crippen LogP contribution in [0, 0.1) is 17.8 Å². The molecule has 398 valence electrons. The van der Waals surface area contributed by atoms with Crippen LogP contribution in [-0.2, 0) is 52.3 Å². The second kappa shape index (κ2) is 24.1. The van der Waals surface area contributed by atoms with Crippen LogP contribution < -0.4 is 5.32 Å². The molecule has 24 unspecified atom stereocenters. The highest BCUT2D eigenvalue weighted by Crippen LogP contribution is 2.35. The smallest absolute Gasteiger partial charge is 0.335 e. The van der Waals surface area contributed by atoms with Crippen molar-refractivity contribution >= 4 is 23.8 Å². The number of ether oxygens (including phenoxy) is 7. The molecule has 69 heavy (non-hydrogen) atoms. The lowest BCUT2D eigenvalue weighted by Gasteiger charge is -2.50. The molecule has 0 bridgehead atoms. The van der Waals surface area contributed by atoms with E-state index in [0.29, 0.717) is 4.90 Å². The van der Waals surface area contributed by atoms with Crippen LogP contribution in [0.4, 0.5) is 0 Å². The fourth-order valence-electron chi connectivity index (χ4n) is 8.79. The Morgan fingerprint density at radius 2 is 1.09 bits per heavy atom. The molecule has 31 heteroatoms. The largest absolute Gasteiger partial charge is 0.479 e. The number of hydrogen-bond donors (Lipinski definition) is 19. The lowest BCUT2D eigenvalue weighted by Crippen LogP contribution is -2.75. The van der Waals surface area contributed by atoms with Crippen LogP contribution >= 0.6 is 0 Å². The zero-order valence-electron chi connectivity index (χ0n) is 36.3. The van der Waals surface area contributed by atoms with Gasteiger partial charge in [-0.25, -0.2) is 9.59 Å². The lowest BCUT2D eigenvalue weighted by molar-refractivity contribution is -0.276. The summed E-state index contributed by atoms with van der Waals surface area (Å²) in [6.07, 6.45) is -38.8. The molecule has 0 aromatic heterocycles. The van der Waals surface area contributed by atoms with E-state index in [9.17, 15) is 111 Å². The molecule has 5 fully saturated rings. The minimum Gasteiger partial charge on any atom is -0.479 e. The maximum Gasteiger partial charge on any atom is 0.335 e. The minimum atomic E-state index is -3.43. The van der Waals surface area contributed by atoms with Crippen molar-refractivity contribution in [1.29, 1.82) is 0 Å². The fraction of sp³-hybridized carbons (Fsp3) is 0.895. The van der Waals surface area contributed by atoms with E-state index in [1.54, 1.807) is 0 Å². The second-order valence-corrected chi connectivity index (χ2v) is 17.4. The number of rotatable bonds is 20. The highest BCUT2D eigenvalue weighted by Gasteiger charge is 2.60. The zero-order valence-corrected chi connectivity index (χ0v) is 36.3. The molecule has 5 aliphatic heterocycles. The topological polar surface area (TPSA) is 512 Å². The van der Waals surface area contributed by atoms with Crippen molar-refractivity contribution in [3.8, 4) is 0 Å².